The zero-order valence-electron chi connectivity index (χ0n) is 5.26. The fraction of sp³-hybridized carbons (Fsp3) is 0.600. The quantitative estimate of drug-likeness (QED) is 0.700. The molecule has 0 saturated heterocycles. The molecule has 0 saturated carbocycles. The van der Waals surface area contributed by atoms with Crippen molar-refractivity contribution in [1.82, 2.24) is 10.3 Å². The lowest BCUT2D eigenvalue weighted by Crippen LogP contribution is -1.89. The van der Waals surface area contributed by atoms with E-state index in [2.05, 4.69) is 51.4 Å². The highest BCUT2D eigenvalue weighted by atomic mass is 127. The van der Waals surface area contributed by atoms with Gasteiger partial charge in [0.15, 0.2) is 3.70 Å². The van der Waals surface area contributed by atoms with Gasteiger partial charge in [0.2, 0.25) is 0 Å². The van der Waals surface area contributed by atoms with Crippen molar-refractivity contribution in [3.8, 4) is 0 Å². The van der Waals surface area contributed by atoms with Gasteiger partial charge in [0.1, 0.15) is 5.69 Å². The third-order valence-corrected chi connectivity index (χ3v) is 1.77. The Morgan fingerprint density at radius 1 is 1.44 bits per heavy atom. The number of aromatic nitrogens is 2. The van der Waals surface area contributed by atoms with Crippen LogP contribution in [0.5, 0.6) is 0 Å². The third kappa shape index (κ3) is 1.41. The largest absolute Gasteiger partial charge is 0.243 e. The van der Waals surface area contributed by atoms with Gasteiger partial charge in [-0.05, 0) is 27.7 Å². The summed E-state index contributed by atoms with van der Waals surface area (Å²) >= 11 is 2.10. The normalized spacial score (nSPS) is 10.7. The minimum Gasteiger partial charge on any atom is -0.243 e. The van der Waals surface area contributed by atoms with E-state index in [0.717, 1.165) is 9.39 Å². The molecule has 1 aromatic heterocycles. The molecule has 0 bridgehead atoms. The molecule has 0 aliphatic carbocycles. The molecule has 0 aromatic carbocycles. The lowest BCUT2D eigenvalue weighted by atomic mass is 10.2. The first kappa shape index (κ1) is 6.98. The van der Waals surface area contributed by atoms with Gasteiger partial charge in [-0.2, -0.15) is 0 Å². The van der Waals surface area contributed by atoms with Crippen LogP contribution in [0.15, 0.2) is 4.63 Å². The first-order valence-electron chi connectivity index (χ1n) is 2.69. The summed E-state index contributed by atoms with van der Waals surface area (Å²) in [6.07, 6.45) is 0. The highest BCUT2D eigenvalue weighted by molar-refractivity contribution is 14.1. The van der Waals surface area contributed by atoms with Crippen LogP contribution in [-0.2, 0) is 0 Å². The van der Waals surface area contributed by atoms with Crippen LogP contribution in [0.1, 0.15) is 25.5 Å². The molecule has 1 rings (SSSR count). The smallest absolute Gasteiger partial charge is 0.168 e. The Labute approximate surface area is 66.9 Å². The second-order valence-electron chi connectivity index (χ2n) is 2.09. The van der Waals surface area contributed by atoms with Crippen molar-refractivity contribution < 1.29 is 4.63 Å². The maximum Gasteiger partial charge on any atom is 0.168 e. The zero-order chi connectivity index (χ0) is 6.85. The van der Waals surface area contributed by atoms with Crippen LogP contribution in [0.2, 0.25) is 0 Å². The van der Waals surface area contributed by atoms with Crippen LogP contribution in [0, 0.1) is 3.70 Å². The average molecular weight is 238 g/mol. The summed E-state index contributed by atoms with van der Waals surface area (Å²) in [5.74, 6) is 0.406. The van der Waals surface area contributed by atoms with Gasteiger partial charge < -0.3 is 0 Å². The van der Waals surface area contributed by atoms with Crippen molar-refractivity contribution in [3.05, 3.63) is 9.39 Å². The van der Waals surface area contributed by atoms with Gasteiger partial charge in [0.25, 0.3) is 0 Å². The number of nitrogens with zero attached hydrogens (tertiary/aromatic N) is 2. The van der Waals surface area contributed by atoms with Crippen LogP contribution in [-0.4, -0.2) is 10.3 Å². The summed E-state index contributed by atoms with van der Waals surface area (Å²) in [7, 11) is 0. The first-order chi connectivity index (χ1) is 4.22. The summed E-state index contributed by atoms with van der Waals surface area (Å²) < 4.78 is 5.36. The predicted octanol–water partition coefficient (Wildman–Crippen LogP) is 1.80. The maximum atomic E-state index is 4.50. The molecule has 0 aliphatic rings. The molecule has 1 aromatic rings. The fourth-order valence-electron chi connectivity index (χ4n) is 0.528. The monoisotopic (exact) mass is 238 g/mol. The van der Waals surface area contributed by atoms with E-state index in [4.69, 9.17) is 0 Å². The lowest BCUT2D eigenvalue weighted by Gasteiger charge is -1.93. The molecular weight excluding hydrogens is 231 g/mol. The van der Waals surface area contributed by atoms with Crippen molar-refractivity contribution in [2.45, 2.75) is 19.8 Å². The Hall–Kier alpha value is -0.130. The second-order valence-corrected chi connectivity index (χ2v) is 3.12. The molecule has 3 nitrogen and oxygen atoms in total. The third-order valence-electron chi connectivity index (χ3n) is 1.02. The predicted molar refractivity (Wildman–Crippen MR) is 41.1 cm³/mol. The molecule has 0 unspecified atom stereocenters. The van der Waals surface area contributed by atoms with Crippen molar-refractivity contribution >= 4 is 22.6 Å². The van der Waals surface area contributed by atoms with Gasteiger partial charge >= 0.3 is 0 Å². The SMILES string of the molecule is CC(C)c1nonc1I. The van der Waals surface area contributed by atoms with E-state index < -0.39 is 0 Å². The van der Waals surface area contributed by atoms with E-state index in [1.165, 1.54) is 0 Å². The van der Waals surface area contributed by atoms with Crippen LogP contribution in [0.3, 0.4) is 0 Å². The lowest BCUT2D eigenvalue weighted by molar-refractivity contribution is 0.300. The summed E-state index contributed by atoms with van der Waals surface area (Å²) in [6.45, 7) is 4.11. The van der Waals surface area contributed by atoms with E-state index in [9.17, 15) is 0 Å². The van der Waals surface area contributed by atoms with E-state index in [1.807, 2.05) is 0 Å². The van der Waals surface area contributed by atoms with Gasteiger partial charge in [-0.25, -0.2) is 4.63 Å². The Kier molecular flexibility index (Phi) is 2.05. The molecule has 0 amide bonds. The maximum absolute atomic E-state index is 4.50. The minimum absolute atomic E-state index is 0.406. The Bertz CT molecular complexity index is 197. The molecule has 0 N–H and O–H groups in total. The zero-order valence-corrected chi connectivity index (χ0v) is 7.42. The van der Waals surface area contributed by atoms with Crippen molar-refractivity contribution in [2.75, 3.05) is 0 Å². The summed E-state index contributed by atoms with van der Waals surface area (Å²) in [5.41, 5.74) is 0.940. The summed E-state index contributed by atoms with van der Waals surface area (Å²) in [5, 5.41) is 7.36. The van der Waals surface area contributed by atoms with Crippen molar-refractivity contribution in [2.24, 2.45) is 0 Å². The van der Waals surface area contributed by atoms with E-state index in [0.29, 0.717) is 5.92 Å². The van der Waals surface area contributed by atoms with Gasteiger partial charge in [-0.15, -0.1) is 0 Å². The number of rotatable bonds is 1. The Balaban J connectivity index is 2.94. The number of hydrogen-bond donors (Lipinski definition) is 0. The minimum atomic E-state index is 0.406. The van der Waals surface area contributed by atoms with Crippen molar-refractivity contribution in [3.63, 3.8) is 0 Å². The molecule has 0 spiro atoms. The summed E-state index contributed by atoms with van der Waals surface area (Å²) in [4.78, 5) is 0. The Morgan fingerprint density at radius 3 is 2.33 bits per heavy atom. The second kappa shape index (κ2) is 2.64. The molecule has 50 valence electrons. The van der Waals surface area contributed by atoms with Crippen LogP contribution < -0.4 is 0 Å². The molecule has 4 heteroatoms. The highest BCUT2D eigenvalue weighted by Crippen LogP contribution is 2.15. The average Bonchev–Trinajstić information content (AvgIpc) is 2.13. The molecule has 9 heavy (non-hydrogen) atoms. The van der Waals surface area contributed by atoms with Gasteiger partial charge in [0.05, 0.1) is 0 Å². The molecule has 0 fully saturated rings. The standard InChI is InChI=1S/C5H7IN2O/c1-3(2)4-5(6)8-9-7-4/h3H,1-2H3. The molecule has 1 heterocycles. The van der Waals surface area contributed by atoms with Gasteiger partial charge in [-0.3, -0.25) is 0 Å². The number of halogens is 1. The van der Waals surface area contributed by atoms with E-state index in [1.54, 1.807) is 0 Å². The van der Waals surface area contributed by atoms with Crippen LogP contribution >= 0.6 is 22.6 Å². The van der Waals surface area contributed by atoms with Gasteiger partial charge in [0, 0.05) is 5.92 Å². The summed E-state index contributed by atoms with van der Waals surface area (Å²) in [6, 6.07) is 0. The van der Waals surface area contributed by atoms with E-state index >= 15 is 0 Å². The van der Waals surface area contributed by atoms with Crippen LogP contribution in [0.25, 0.3) is 0 Å². The van der Waals surface area contributed by atoms with E-state index in [-0.39, 0.29) is 0 Å². The number of hydrogen-bond acceptors (Lipinski definition) is 3. The molecule has 0 radical (unpaired) electrons. The van der Waals surface area contributed by atoms with Gasteiger partial charge in [-0.1, -0.05) is 19.0 Å². The highest BCUT2D eigenvalue weighted by Gasteiger charge is 2.09. The Morgan fingerprint density at radius 2 is 2.11 bits per heavy atom. The molecule has 0 atom stereocenters. The molecular formula is C5H7IN2O. The van der Waals surface area contributed by atoms with Crippen molar-refractivity contribution in [1.29, 1.82) is 0 Å². The fourth-order valence-corrected chi connectivity index (χ4v) is 1.34. The van der Waals surface area contributed by atoms with Crippen LogP contribution in [0.4, 0.5) is 0 Å². The molecule has 0 aliphatic heterocycles. The first-order valence-corrected chi connectivity index (χ1v) is 3.77. The topological polar surface area (TPSA) is 38.9 Å².